The van der Waals surface area contributed by atoms with Gasteiger partial charge in [0.05, 0.1) is 0 Å². The Morgan fingerprint density at radius 1 is 1.30 bits per heavy atom. The fraction of sp³-hybridized carbons (Fsp3) is 0.0833. The third kappa shape index (κ3) is 3.09. The predicted octanol–water partition coefficient (Wildman–Crippen LogP) is 1.26. The molecule has 0 bridgehead atoms. The SMILES string of the molecule is C=CC(=O)Nc1ccc(-c2nnc(S(C)(=O)=O)o2)cc1. The molecule has 0 aliphatic rings. The van der Waals surface area contributed by atoms with Crippen molar-refractivity contribution in [2.45, 2.75) is 5.22 Å². The average Bonchev–Trinajstić information content (AvgIpc) is 2.89. The lowest BCUT2D eigenvalue weighted by atomic mass is 10.2. The minimum absolute atomic E-state index is 0.0898. The summed E-state index contributed by atoms with van der Waals surface area (Å²) in [7, 11) is -3.53. The maximum Gasteiger partial charge on any atom is 0.335 e. The number of nitrogens with one attached hydrogen (secondary N) is 1. The van der Waals surface area contributed by atoms with Crippen LogP contribution in [0.5, 0.6) is 0 Å². The summed E-state index contributed by atoms with van der Waals surface area (Å²) in [5, 5.41) is 9.27. The van der Waals surface area contributed by atoms with Crippen molar-refractivity contribution >= 4 is 21.4 Å². The Kier molecular flexibility index (Phi) is 3.66. The van der Waals surface area contributed by atoms with Gasteiger partial charge < -0.3 is 9.73 Å². The van der Waals surface area contributed by atoms with E-state index >= 15 is 0 Å². The first-order chi connectivity index (χ1) is 9.40. The van der Waals surface area contributed by atoms with Gasteiger partial charge in [0, 0.05) is 17.5 Å². The van der Waals surface area contributed by atoms with Crippen LogP contribution in [-0.4, -0.2) is 30.8 Å². The second kappa shape index (κ2) is 5.25. The van der Waals surface area contributed by atoms with Crippen molar-refractivity contribution in [3.8, 4) is 11.5 Å². The van der Waals surface area contributed by atoms with Crippen LogP contribution in [0.2, 0.25) is 0 Å². The molecule has 0 saturated carbocycles. The number of aromatic nitrogens is 2. The summed E-state index contributed by atoms with van der Waals surface area (Å²) in [5.41, 5.74) is 1.12. The van der Waals surface area contributed by atoms with Crippen LogP contribution in [0.25, 0.3) is 11.5 Å². The number of rotatable bonds is 4. The molecular weight excluding hydrogens is 282 g/mol. The number of amides is 1. The quantitative estimate of drug-likeness (QED) is 0.851. The monoisotopic (exact) mass is 293 g/mol. The van der Waals surface area contributed by atoms with Gasteiger partial charge in [0.25, 0.3) is 0 Å². The zero-order valence-electron chi connectivity index (χ0n) is 10.5. The van der Waals surface area contributed by atoms with E-state index in [9.17, 15) is 13.2 Å². The minimum atomic E-state index is -3.53. The lowest BCUT2D eigenvalue weighted by molar-refractivity contribution is -0.111. The molecule has 7 nitrogen and oxygen atoms in total. The maximum absolute atomic E-state index is 11.2. The minimum Gasteiger partial charge on any atom is -0.408 e. The van der Waals surface area contributed by atoms with Gasteiger partial charge in [-0.1, -0.05) is 11.7 Å². The van der Waals surface area contributed by atoms with E-state index in [1.54, 1.807) is 24.3 Å². The topological polar surface area (TPSA) is 102 Å². The fourth-order valence-electron chi connectivity index (χ4n) is 1.37. The molecule has 0 unspecified atom stereocenters. The van der Waals surface area contributed by atoms with Gasteiger partial charge in [0.2, 0.25) is 21.6 Å². The van der Waals surface area contributed by atoms with Crippen molar-refractivity contribution in [3.63, 3.8) is 0 Å². The number of nitrogens with zero attached hydrogens (tertiary/aromatic N) is 2. The highest BCUT2D eigenvalue weighted by Gasteiger charge is 2.17. The first kappa shape index (κ1) is 13.9. The summed E-state index contributed by atoms with van der Waals surface area (Å²) in [6, 6.07) is 6.50. The Morgan fingerprint density at radius 3 is 2.45 bits per heavy atom. The summed E-state index contributed by atoms with van der Waals surface area (Å²) < 4.78 is 27.5. The van der Waals surface area contributed by atoms with Crippen molar-refractivity contribution in [2.24, 2.45) is 0 Å². The molecule has 1 amide bonds. The molecule has 0 fully saturated rings. The van der Waals surface area contributed by atoms with Gasteiger partial charge in [0.1, 0.15) is 0 Å². The normalized spacial score (nSPS) is 11.1. The molecule has 1 aromatic heterocycles. The summed E-state index contributed by atoms with van der Waals surface area (Å²) >= 11 is 0. The van der Waals surface area contributed by atoms with Crippen LogP contribution in [0.15, 0.2) is 46.6 Å². The number of sulfone groups is 1. The molecule has 1 aromatic carbocycles. The number of hydrogen-bond donors (Lipinski definition) is 1. The highest BCUT2D eigenvalue weighted by Crippen LogP contribution is 2.21. The van der Waals surface area contributed by atoms with E-state index in [0.29, 0.717) is 11.3 Å². The van der Waals surface area contributed by atoms with Crippen molar-refractivity contribution in [2.75, 3.05) is 11.6 Å². The van der Waals surface area contributed by atoms with Gasteiger partial charge in [0.15, 0.2) is 0 Å². The van der Waals surface area contributed by atoms with E-state index in [-0.39, 0.29) is 11.8 Å². The lowest BCUT2D eigenvalue weighted by Crippen LogP contribution is -2.06. The van der Waals surface area contributed by atoms with Gasteiger partial charge in [-0.05, 0) is 30.3 Å². The van der Waals surface area contributed by atoms with E-state index < -0.39 is 15.1 Å². The first-order valence-electron chi connectivity index (χ1n) is 5.47. The highest BCUT2D eigenvalue weighted by molar-refractivity contribution is 7.90. The van der Waals surface area contributed by atoms with E-state index in [2.05, 4.69) is 22.1 Å². The molecule has 0 spiro atoms. The molecule has 2 aromatic rings. The lowest BCUT2D eigenvalue weighted by Gasteiger charge is -2.02. The Hall–Kier alpha value is -2.48. The molecular formula is C12H11N3O4S. The first-order valence-corrected chi connectivity index (χ1v) is 7.36. The highest BCUT2D eigenvalue weighted by atomic mass is 32.2. The molecule has 8 heteroatoms. The molecule has 2 rings (SSSR count). The van der Waals surface area contributed by atoms with Crippen LogP contribution in [0, 0.1) is 0 Å². The summed E-state index contributed by atoms with van der Waals surface area (Å²) in [6.07, 6.45) is 2.14. The Morgan fingerprint density at radius 2 is 1.95 bits per heavy atom. The number of anilines is 1. The van der Waals surface area contributed by atoms with Gasteiger partial charge in [-0.15, -0.1) is 5.10 Å². The van der Waals surface area contributed by atoms with Crippen molar-refractivity contribution in [1.82, 2.24) is 10.2 Å². The number of carbonyl (C=O) groups excluding carboxylic acids is 1. The second-order valence-corrected chi connectivity index (χ2v) is 5.81. The van der Waals surface area contributed by atoms with Gasteiger partial charge in [-0.3, -0.25) is 4.79 Å². The van der Waals surface area contributed by atoms with Crippen molar-refractivity contribution in [1.29, 1.82) is 0 Å². The van der Waals surface area contributed by atoms with Crippen LogP contribution in [0.3, 0.4) is 0 Å². The maximum atomic E-state index is 11.2. The van der Waals surface area contributed by atoms with Gasteiger partial charge in [-0.25, -0.2) is 8.42 Å². The Bertz CT molecular complexity index is 747. The zero-order valence-corrected chi connectivity index (χ0v) is 11.3. The molecule has 1 N–H and O–H groups in total. The zero-order chi connectivity index (χ0) is 14.8. The molecule has 0 aliphatic heterocycles. The standard InChI is InChI=1S/C12H11N3O4S/c1-3-10(16)13-9-6-4-8(5-7-9)11-14-15-12(19-11)20(2,17)18/h3-7H,1H2,2H3,(H,13,16). The number of carbonyl (C=O) groups is 1. The summed E-state index contributed by atoms with van der Waals surface area (Å²) in [6.45, 7) is 3.35. The molecule has 1 heterocycles. The van der Waals surface area contributed by atoms with Crippen LogP contribution in [0.1, 0.15) is 0 Å². The van der Waals surface area contributed by atoms with E-state index in [4.69, 9.17) is 4.42 Å². The molecule has 0 aliphatic carbocycles. The third-order valence-corrected chi connectivity index (χ3v) is 3.11. The Balaban J connectivity index is 2.24. The van der Waals surface area contributed by atoms with E-state index in [1.807, 2.05) is 0 Å². The predicted molar refractivity (Wildman–Crippen MR) is 71.7 cm³/mol. The summed E-state index contributed by atoms with van der Waals surface area (Å²) in [5.74, 6) is -0.234. The van der Waals surface area contributed by atoms with Gasteiger partial charge in [-0.2, -0.15) is 0 Å². The van der Waals surface area contributed by atoms with Crippen LogP contribution < -0.4 is 5.32 Å². The smallest absolute Gasteiger partial charge is 0.335 e. The van der Waals surface area contributed by atoms with Crippen LogP contribution in [0.4, 0.5) is 5.69 Å². The van der Waals surface area contributed by atoms with E-state index in [0.717, 1.165) is 12.3 Å². The third-order valence-electron chi connectivity index (χ3n) is 2.31. The molecule has 0 radical (unpaired) electrons. The van der Waals surface area contributed by atoms with Crippen LogP contribution in [-0.2, 0) is 14.6 Å². The Labute approximate surface area is 115 Å². The molecule has 104 valence electrons. The number of hydrogen-bond acceptors (Lipinski definition) is 6. The van der Waals surface area contributed by atoms with Crippen LogP contribution >= 0.6 is 0 Å². The van der Waals surface area contributed by atoms with Crippen molar-refractivity contribution in [3.05, 3.63) is 36.9 Å². The summed E-state index contributed by atoms with van der Waals surface area (Å²) in [4.78, 5) is 11.1. The number of benzene rings is 1. The second-order valence-electron chi connectivity index (χ2n) is 3.92. The van der Waals surface area contributed by atoms with Gasteiger partial charge >= 0.3 is 5.22 Å². The fourth-order valence-corrected chi connectivity index (χ4v) is 1.79. The largest absolute Gasteiger partial charge is 0.408 e. The molecule has 20 heavy (non-hydrogen) atoms. The van der Waals surface area contributed by atoms with Crippen molar-refractivity contribution < 1.29 is 17.6 Å². The van der Waals surface area contributed by atoms with E-state index in [1.165, 1.54) is 0 Å². The molecule has 0 atom stereocenters. The average molecular weight is 293 g/mol. The molecule has 0 saturated heterocycles.